The van der Waals surface area contributed by atoms with Gasteiger partial charge in [0.15, 0.2) is 5.78 Å². The van der Waals surface area contributed by atoms with E-state index in [2.05, 4.69) is 5.32 Å². The zero-order valence-electron chi connectivity index (χ0n) is 13.1. The summed E-state index contributed by atoms with van der Waals surface area (Å²) in [6, 6.07) is 15.7. The van der Waals surface area contributed by atoms with Gasteiger partial charge in [-0.25, -0.2) is 0 Å². The summed E-state index contributed by atoms with van der Waals surface area (Å²) >= 11 is 0. The van der Waals surface area contributed by atoms with Crippen LogP contribution in [0.4, 0.5) is 11.4 Å². The van der Waals surface area contributed by atoms with Crippen molar-refractivity contribution >= 4 is 29.0 Å². The molecule has 2 aromatic rings. The van der Waals surface area contributed by atoms with E-state index >= 15 is 0 Å². The van der Waals surface area contributed by atoms with Gasteiger partial charge >= 0.3 is 0 Å². The van der Waals surface area contributed by atoms with E-state index in [9.17, 15) is 14.4 Å². The van der Waals surface area contributed by atoms with Gasteiger partial charge in [0.2, 0.25) is 11.8 Å². The Bertz CT molecular complexity index is 709. The van der Waals surface area contributed by atoms with Gasteiger partial charge in [0, 0.05) is 24.0 Å². The molecule has 5 nitrogen and oxygen atoms in total. The molecular weight excluding hydrogens is 292 g/mol. The number of ketones is 1. The van der Waals surface area contributed by atoms with Crippen LogP contribution in [0.2, 0.25) is 0 Å². The number of para-hydroxylation sites is 1. The molecule has 23 heavy (non-hydrogen) atoms. The molecule has 0 saturated carbocycles. The molecule has 0 aliphatic carbocycles. The van der Waals surface area contributed by atoms with Crippen molar-refractivity contribution in [3.8, 4) is 0 Å². The first kappa shape index (κ1) is 16.4. The number of Topliss-reactive ketones (excluding diaryl/α,β-unsaturated/α-hetero) is 1. The second-order valence-corrected chi connectivity index (χ2v) is 5.15. The number of hydrogen-bond acceptors (Lipinski definition) is 3. The molecule has 0 spiro atoms. The van der Waals surface area contributed by atoms with Gasteiger partial charge in [-0.2, -0.15) is 0 Å². The van der Waals surface area contributed by atoms with E-state index in [1.54, 1.807) is 43.4 Å². The van der Waals surface area contributed by atoms with Gasteiger partial charge in [0.25, 0.3) is 0 Å². The number of amides is 2. The highest BCUT2D eigenvalue weighted by Crippen LogP contribution is 2.13. The van der Waals surface area contributed by atoms with E-state index in [1.807, 2.05) is 18.2 Å². The number of nitrogens with one attached hydrogen (secondary N) is 1. The fourth-order valence-corrected chi connectivity index (χ4v) is 2.04. The molecule has 0 aliphatic heterocycles. The minimum absolute atomic E-state index is 0.0393. The Morgan fingerprint density at radius 3 is 2.13 bits per heavy atom. The first-order chi connectivity index (χ1) is 11.0. The molecule has 0 aromatic heterocycles. The van der Waals surface area contributed by atoms with Crippen LogP contribution in [0.15, 0.2) is 54.6 Å². The maximum atomic E-state index is 12.1. The number of anilines is 2. The van der Waals surface area contributed by atoms with Crippen molar-refractivity contribution < 1.29 is 14.4 Å². The number of carbonyl (C=O) groups is 3. The summed E-state index contributed by atoms with van der Waals surface area (Å²) in [7, 11) is 1.63. The summed E-state index contributed by atoms with van der Waals surface area (Å²) in [6.07, 6.45) is -0.250. The van der Waals surface area contributed by atoms with Crippen LogP contribution < -0.4 is 10.2 Å². The van der Waals surface area contributed by atoms with Gasteiger partial charge in [0.1, 0.15) is 6.42 Å². The third kappa shape index (κ3) is 4.51. The van der Waals surface area contributed by atoms with Gasteiger partial charge in [-0.15, -0.1) is 0 Å². The summed E-state index contributed by atoms with van der Waals surface area (Å²) in [4.78, 5) is 36.7. The number of benzene rings is 2. The quantitative estimate of drug-likeness (QED) is 0.682. The molecule has 0 atom stereocenters. The highest BCUT2D eigenvalue weighted by molar-refractivity contribution is 6.09. The summed E-state index contributed by atoms with van der Waals surface area (Å²) in [5.74, 6) is -0.732. The molecule has 5 heteroatoms. The lowest BCUT2D eigenvalue weighted by Gasteiger charge is -2.17. The van der Waals surface area contributed by atoms with E-state index in [4.69, 9.17) is 0 Å². The van der Waals surface area contributed by atoms with Crippen molar-refractivity contribution in [3.05, 3.63) is 60.2 Å². The number of rotatable bonds is 5. The number of hydrogen-bond donors (Lipinski definition) is 1. The minimum Gasteiger partial charge on any atom is -0.326 e. The van der Waals surface area contributed by atoms with E-state index < -0.39 is 5.91 Å². The zero-order valence-corrected chi connectivity index (χ0v) is 13.1. The molecule has 118 valence electrons. The van der Waals surface area contributed by atoms with Gasteiger partial charge in [-0.1, -0.05) is 18.2 Å². The Hall–Kier alpha value is -2.95. The fourth-order valence-electron chi connectivity index (χ4n) is 2.04. The molecule has 2 aromatic carbocycles. The highest BCUT2D eigenvalue weighted by atomic mass is 16.2. The molecule has 0 heterocycles. The van der Waals surface area contributed by atoms with E-state index in [-0.39, 0.29) is 18.1 Å². The molecule has 0 aliphatic rings. The third-order valence-electron chi connectivity index (χ3n) is 3.40. The van der Waals surface area contributed by atoms with Crippen LogP contribution in [-0.2, 0) is 9.59 Å². The first-order valence-corrected chi connectivity index (χ1v) is 7.20. The minimum atomic E-state index is -0.395. The van der Waals surface area contributed by atoms with Crippen molar-refractivity contribution in [1.29, 1.82) is 0 Å². The van der Waals surface area contributed by atoms with Gasteiger partial charge in [0.05, 0.1) is 0 Å². The third-order valence-corrected chi connectivity index (χ3v) is 3.40. The molecular formula is C18H18N2O3. The van der Waals surface area contributed by atoms with Crippen LogP contribution in [0.3, 0.4) is 0 Å². The van der Waals surface area contributed by atoms with Gasteiger partial charge in [-0.05, 0) is 43.3 Å². The first-order valence-electron chi connectivity index (χ1n) is 7.20. The maximum Gasteiger partial charge on any atom is 0.236 e. The Labute approximate surface area is 134 Å². The second kappa shape index (κ2) is 7.35. The SMILES string of the molecule is CC(=O)c1ccc(NC(=O)CC(=O)N(C)c2ccccc2)cc1. The van der Waals surface area contributed by atoms with Crippen LogP contribution in [0.25, 0.3) is 0 Å². The average molecular weight is 310 g/mol. The van der Waals surface area contributed by atoms with Crippen LogP contribution in [-0.4, -0.2) is 24.6 Å². The predicted molar refractivity (Wildman–Crippen MR) is 89.5 cm³/mol. The van der Waals surface area contributed by atoms with Crippen molar-refractivity contribution in [2.45, 2.75) is 13.3 Å². The van der Waals surface area contributed by atoms with E-state index in [0.29, 0.717) is 11.3 Å². The monoisotopic (exact) mass is 310 g/mol. The summed E-state index contributed by atoms with van der Waals surface area (Å²) < 4.78 is 0. The lowest BCUT2D eigenvalue weighted by molar-refractivity contribution is -0.125. The topological polar surface area (TPSA) is 66.5 Å². The predicted octanol–water partition coefficient (Wildman–Crippen LogP) is 2.88. The molecule has 0 unspecified atom stereocenters. The molecule has 0 saturated heterocycles. The largest absolute Gasteiger partial charge is 0.326 e. The number of carbonyl (C=O) groups excluding carboxylic acids is 3. The van der Waals surface area contributed by atoms with Crippen LogP contribution in [0.1, 0.15) is 23.7 Å². The Kier molecular flexibility index (Phi) is 5.25. The normalized spacial score (nSPS) is 10.0. The summed E-state index contributed by atoms with van der Waals surface area (Å²) in [5.41, 5.74) is 1.86. The molecule has 0 radical (unpaired) electrons. The molecule has 1 N–H and O–H groups in total. The van der Waals surface area contributed by atoms with Crippen LogP contribution in [0.5, 0.6) is 0 Å². The fraction of sp³-hybridized carbons (Fsp3) is 0.167. The van der Waals surface area contributed by atoms with E-state index in [1.165, 1.54) is 11.8 Å². The standard InChI is InChI=1S/C18H18N2O3/c1-13(21)14-8-10-15(11-9-14)19-17(22)12-18(23)20(2)16-6-4-3-5-7-16/h3-11H,12H2,1-2H3,(H,19,22). The maximum absolute atomic E-state index is 12.1. The van der Waals surface area contributed by atoms with Crippen molar-refractivity contribution in [3.63, 3.8) is 0 Å². The van der Waals surface area contributed by atoms with E-state index in [0.717, 1.165) is 5.69 Å². The van der Waals surface area contributed by atoms with Crippen molar-refractivity contribution in [1.82, 2.24) is 0 Å². The molecule has 0 fully saturated rings. The second-order valence-electron chi connectivity index (χ2n) is 5.15. The molecule has 2 amide bonds. The lowest BCUT2D eigenvalue weighted by atomic mass is 10.1. The average Bonchev–Trinajstić information content (AvgIpc) is 2.55. The van der Waals surface area contributed by atoms with Gasteiger partial charge in [-0.3, -0.25) is 14.4 Å². The Balaban J connectivity index is 1.94. The zero-order chi connectivity index (χ0) is 16.8. The molecule has 2 rings (SSSR count). The van der Waals surface area contributed by atoms with Crippen molar-refractivity contribution in [2.75, 3.05) is 17.3 Å². The Morgan fingerprint density at radius 1 is 0.957 bits per heavy atom. The summed E-state index contributed by atoms with van der Waals surface area (Å²) in [5, 5.41) is 2.65. The smallest absolute Gasteiger partial charge is 0.236 e. The molecule has 0 bridgehead atoms. The van der Waals surface area contributed by atoms with Crippen LogP contribution in [0, 0.1) is 0 Å². The van der Waals surface area contributed by atoms with Crippen LogP contribution >= 0.6 is 0 Å². The number of nitrogens with zero attached hydrogens (tertiary/aromatic N) is 1. The van der Waals surface area contributed by atoms with Gasteiger partial charge < -0.3 is 10.2 Å². The van der Waals surface area contributed by atoms with Crippen molar-refractivity contribution in [2.24, 2.45) is 0 Å². The summed E-state index contributed by atoms with van der Waals surface area (Å²) in [6.45, 7) is 1.48. The lowest BCUT2D eigenvalue weighted by Crippen LogP contribution is -2.30. The Morgan fingerprint density at radius 2 is 1.57 bits per heavy atom. The highest BCUT2D eigenvalue weighted by Gasteiger charge is 2.15.